The third-order valence-electron chi connectivity index (χ3n) is 3.24. The van der Waals surface area contributed by atoms with Crippen molar-refractivity contribution >= 4 is 11.8 Å². The van der Waals surface area contributed by atoms with Crippen LogP contribution in [0, 0.1) is 5.92 Å². The van der Waals surface area contributed by atoms with Crippen LogP contribution in [0.1, 0.15) is 39.5 Å². The second-order valence-corrected chi connectivity index (χ2v) is 4.70. The molecule has 1 aliphatic rings. The van der Waals surface area contributed by atoms with Gasteiger partial charge in [0.25, 0.3) is 0 Å². The first-order chi connectivity index (χ1) is 8.04. The van der Waals surface area contributed by atoms with Gasteiger partial charge < -0.3 is 10.6 Å². The second-order valence-electron chi connectivity index (χ2n) is 4.70. The third-order valence-corrected chi connectivity index (χ3v) is 3.24. The molecule has 0 aliphatic carbocycles. The third kappa shape index (κ3) is 4.21. The number of hydrogen-bond acceptors (Lipinski definition) is 2. The zero-order chi connectivity index (χ0) is 12.8. The van der Waals surface area contributed by atoms with Crippen molar-refractivity contribution in [2.24, 2.45) is 11.7 Å². The lowest BCUT2D eigenvalue weighted by atomic mass is 9.93. The van der Waals surface area contributed by atoms with Crippen molar-refractivity contribution in [3.8, 4) is 0 Å². The van der Waals surface area contributed by atoms with Crippen LogP contribution in [-0.2, 0) is 9.59 Å². The van der Waals surface area contributed by atoms with Crippen LogP contribution < -0.4 is 5.73 Å². The molecular weight excluding hydrogens is 216 g/mol. The van der Waals surface area contributed by atoms with Gasteiger partial charge >= 0.3 is 0 Å². The summed E-state index contributed by atoms with van der Waals surface area (Å²) < 4.78 is 0. The lowest BCUT2D eigenvalue weighted by Crippen LogP contribution is -2.39. The van der Waals surface area contributed by atoms with E-state index < -0.39 is 0 Å². The maximum Gasteiger partial charge on any atom is 0.249 e. The summed E-state index contributed by atoms with van der Waals surface area (Å²) in [6.45, 7) is 5.37. The van der Waals surface area contributed by atoms with Crippen molar-refractivity contribution in [1.29, 1.82) is 0 Å². The number of rotatable bonds is 4. The van der Waals surface area contributed by atoms with Crippen molar-refractivity contribution in [3.63, 3.8) is 0 Å². The fraction of sp³-hybridized carbons (Fsp3) is 0.692. The van der Waals surface area contributed by atoms with Gasteiger partial charge in [-0.2, -0.15) is 0 Å². The Balaban J connectivity index is 2.44. The fourth-order valence-corrected chi connectivity index (χ4v) is 2.27. The minimum Gasteiger partial charge on any atom is -0.370 e. The van der Waals surface area contributed by atoms with Gasteiger partial charge in [-0.1, -0.05) is 13.0 Å². The average Bonchev–Trinajstić information content (AvgIpc) is 2.28. The van der Waals surface area contributed by atoms with Crippen LogP contribution in [0.5, 0.6) is 0 Å². The van der Waals surface area contributed by atoms with Crippen LogP contribution in [0.15, 0.2) is 11.6 Å². The molecule has 4 heteroatoms. The Bertz CT molecular complexity index is 315. The number of nitrogens with zero attached hydrogens (tertiary/aromatic N) is 1. The van der Waals surface area contributed by atoms with Gasteiger partial charge in [-0.25, -0.2) is 0 Å². The first-order valence-corrected chi connectivity index (χ1v) is 6.29. The molecule has 0 aromatic carbocycles. The highest BCUT2D eigenvalue weighted by Gasteiger charge is 2.24. The molecule has 96 valence electrons. The molecule has 2 amide bonds. The molecule has 0 bridgehead atoms. The van der Waals surface area contributed by atoms with Gasteiger partial charge in [0.15, 0.2) is 0 Å². The molecule has 1 fully saturated rings. The van der Waals surface area contributed by atoms with Crippen molar-refractivity contribution < 1.29 is 9.59 Å². The first kappa shape index (κ1) is 13.7. The van der Waals surface area contributed by atoms with E-state index >= 15 is 0 Å². The minimum atomic E-state index is -0.239. The molecule has 17 heavy (non-hydrogen) atoms. The summed E-state index contributed by atoms with van der Waals surface area (Å²) in [4.78, 5) is 24.7. The number of amides is 2. The summed E-state index contributed by atoms with van der Waals surface area (Å²) in [7, 11) is 0. The average molecular weight is 238 g/mol. The molecule has 1 saturated heterocycles. The van der Waals surface area contributed by atoms with Gasteiger partial charge in [0.05, 0.1) is 0 Å². The van der Waals surface area contributed by atoms with E-state index in [1.54, 1.807) is 0 Å². The molecule has 4 nitrogen and oxygen atoms in total. The highest BCUT2D eigenvalue weighted by atomic mass is 16.2. The number of likely N-dealkylation sites (tertiary alicyclic amines) is 1. The Labute approximate surface area is 103 Å². The molecule has 0 unspecified atom stereocenters. The Morgan fingerprint density at radius 3 is 2.41 bits per heavy atom. The van der Waals surface area contributed by atoms with E-state index in [2.05, 4.69) is 0 Å². The van der Waals surface area contributed by atoms with Gasteiger partial charge in [0, 0.05) is 25.1 Å². The van der Waals surface area contributed by atoms with E-state index in [4.69, 9.17) is 5.73 Å². The molecule has 0 spiro atoms. The van der Waals surface area contributed by atoms with Crippen LogP contribution >= 0.6 is 0 Å². The van der Waals surface area contributed by atoms with Crippen molar-refractivity contribution in [1.82, 2.24) is 4.90 Å². The molecule has 1 heterocycles. The highest BCUT2D eigenvalue weighted by molar-refractivity contribution is 5.92. The molecule has 0 atom stereocenters. The van der Waals surface area contributed by atoms with E-state index in [0.29, 0.717) is 12.3 Å². The predicted molar refractivity (Wildman–Crippen MR) is 67.2 cm³/mol. The maximum absolute atomic E-state index is 12.0. The minimum absolute atomic E-state index is 0.129. The van der Waals surface area contributed by atoms with Crippen LogP contribution in [-0.4, -0.2) is 29.8 Å². The molecule has 2 N–H and O–H groups in total. The van der Waals surface area contributed by atoms with Gasteiger partial charge in [-0.15, -0.1) is 0 Å². The molecule has 0 radical (unpaired) electrons. The Morgan fingerprint density at radius 2 is 1.94 bits per heavy atom. The molecule has 0 aromatic heterocycles. The van der Waals surface area contributed by atoms with Gasteiger partial charge in [0.2, 0.25) is 11.8 Å². The van der Waals surface area contributed by atoms with E-state index in [9.17, 15) is 9.59 Å². The topological polar surface area (TPSA) is 63.4 Å². The first-order valence-electron chi connectivity index (χ1n) is 6.29. The molecule has 1 rings (SSSR count). The standard InChI is InChI=1S/C13H22N2O2/c1-3-4-10(2)13(17)15-7-5-11(6-8-15)9-12(14)16/h4,11H,3,5-9H2,1-2H3,(H2,14,16)/b10-4+. The highest BCUT2D eigenvalue weighted by Crippen LogP contribution is 2.21. The SMILES string of the molecule is CC/C=C(\C)C(=O)N1CCC(CC(N)=O)CC1. The van der Waals surface area contributed by atoms with Crippen LogP contribution in [0.25, 0.3) is 0 Å². The molecule has 1 aliphatic heterocycles. The lowest BCUT2D eigenvalue weighted by Gasteiger charge is -2.31. The summed E-state index contributed by atoms with van der Waals surface area (Å²) in [5.74, 6) is 0.244. The number of carbonyl (C=O) groups excluding carboxylic acids is 2. The number of nitrogens with two attached hydrogens (primary N) is 1. The summed E-state index contributed by atoms with van der Waals surface area (Å²) in [5.41, 5.74) is 6.00. The zero-order valence-electron chi connectivity index (χ0n) is 10.7. The lowest BCUT2D eigenvalue weighted by molar-refractivity contribution is -0.128. The summed E-state index contributed by atoms with van der Waals surface area (Å²) in [5, 5.41) is 0. The van der Waals surface area contributed by atoms with Crippen LogP contribution in [0.4, 0.5) is 0 Å². The van der Waals surface area contributed by atoms with Crippen molar-refractivity contribution in [2.45, 2.75) is 39.5 Å². The normalized spacial score (nSPS) is 18.2. The fourth-order valence-electron chi connectivity index (χ4n) is 2.27. The zero-order valence-corrected chi connectivity index (χ0v) is 10.7. The largest absolute Gasteiger partial charge is 0.370 e. The maximum atomic E-state index is 12.0. The predicted octanol–water partition coefficient (Wildman–Crippen LogP) is 1.46. The number of carbonyl (C=O) groups is 2. The van der Waals surface area contributed by atoms with Gasteiger partial charge in [-0.3, -0.25) is 9.59 Å². The van der Waals surface area contributed by atoms with Crippen molar-refractivity contribution in [2.75, 3.05) is 13.1 Å². The summed E-state index contributed by atoms with van der Waals surface area (Å²) >= 11 is 0. The molecular formula is C13H22N2O2. The van der Waals surface area contributed by atoms with Gasteiger partial charge in [-0.05, 0) is 32.1 Å². The monoisotopic (exact) mass is 238 g/mol. The number of allylic oxidation sites excluding steroid dienone is 1. The summed E-state index contributed by atoms with van der Waals surface area (Å²) in [6.07, 6.45) is 5.06. The summed E-state index contributed by atoms with van der Waals surface area (Å²) in [6, 6.07) is 0. The van der Waals surface area contributed by atoms with Crippen LogP contribution in [0.3, 0.4) is 0 Å². The molecule has 0 aromatic rings. The number of hydrogen-bond donors (Lipinski definition) is 1. The van der Waals surface area contributed by atoms with Crippen LogP contribution in [0.2, 0.25) is 0 Å². The Kier molecular flexibility index (Phi) is 5.19. The van der Waals surface area contributed by atoms with E-state index in [1.807, 2.05) is 24.8 Å². The molecule has 0 saturated carbocycles. The van der Waals surface area contributed by atoms with Crippen molar-refractivity contribution in [3.05, 3.63) is 11.6 Å². The number of piperidine rings is 1. The van der Waals surface area contributed by atoms with Gasteiger partial charge in [0.1, 0.15) is 0 Å². The van der Waals surface area contributed by atoms with E-state index in [1.165, 1.54) is 0 Å². The van der Waals surface area contributed by atoms with E-state index in [-0.39, 0.29) is 11.8 Å². The smallest absolute Gasteiger partial charge is 0.249 e. The Morgan fingerprint density at radius 1 is 1.35 bits per heavy atom. The number of primary amides is 1. The Hall–Kier alpha value is -1.32. The quantitative estimate of drug-likeness (QED) is 0.754. The second kappa shape index (κ2) is 6.42. The van der Waals surface area contributed by atoms with E-state index in [0.717, 1.165) is 37.9 Å².